The van der Waals surface area contributed by atoms with Crippen LogP contribution in [0.4, 0.5) is 4.79 Å². The predicted octanol–water partition coefficient (Wildman–Crippen LogP) is 4.27. The number of alkyl carbamates (subject to hydrolysis) is 1. The molecule has 0 aliphatic carbocycles. The van der Waals surface area contributed by atoms with Crippen molar-refractivity contribution in [2.45, 2.75) is 77.5 Å². The molecular formula is C31H43N3O7. The molecule has 0 saturated carbocycles. The van der Waals surface area contributed by atoms with Gasteiger partial charge in [0.15, 0.2) is 0 Å². The first-order valence-corrected chi connectivity index (χ1v) is 13.9. The third-order valence-corrected chi connectivity index (χ3v) is 6.19. The Labute approximate surface area is 242 Å². The highest BCUT2D eigenvalue weighted by atomic mass is 16.6. The number of benzene rings is 2. The second kappa shape index (κ2) is 16.2. The number of methoxy groups -OCH3 is 1. The highest BCUT2D eigenvalue weighted by Crippen LogP contribution is 2.27. The van der Waals surface area contributed by atoms with E-state index in [0.717, 1.165) is 24.8 Å². The van der Waals surface area contributed by atoms with Crippen LogP contribution < -0.4 is 10.6 Å². The SMILES string of the molecule is CCCCCCN(C(=O)C(Cc1ccccc1)NC(=O)OC(C)(C)C)C(C(=O)NCC(=O)OC)c1cccc(O)c1. The van der Waals surface area contributed by atoms with Crippen molar-refractivity contribution in [3.63, 3.8) is 0 Å². The molecule has 2 atom stereocenters. The van der Waals surface area contributed by atoms with E-state index >= 15 is 0 Å². The van der Waals surface area contributed by atoms with Crippen LogP contribution in [0, 0.1) is 0 Å². The zero-order chi connectivity index (χ0) is 30.4. The van der Waals surface area contributed by atoms with Crippen molar-refractivity contribution in [3.8, 4) is 5.75 Å². The summed E-state index contributed by atoms with van der Waals surface area (Å²) in [5.74, 6) is -1.86. The first kappa shape index (κ1) is 33.1. The number of hydrogen-bond acceptors (Lipinski definition) is 7. The van der Waals surface area contributed by atoms with Crippen LogP contribution in [0.2, 0.25) is 0 Å². The molecule has 10 heteroatoms. The quantitative estimate of drug-likeness (QED) is 0.229. The molecule has 0 spiro atoms. The Bertz CT molecular complexity index is 1150. The van der Waals surface area contributed by atoms with Gasteiger partial charge in [0.25, 0.3) is 0 Å². The normalized spacial score (nSPS) is 12.5. The lowest BCUT2D eigenvalue weighted by molar-refractivity contribution is -0.144. The van der Waals surface area contributed by atoms with Gasteiger partial charge in [0, 0.05) is 13.0 Å². The van der Waals surface area contributed by atoms with Gasteiger partial charge in [-0.25, -0.2) is 4.79 Å². The maximum atomic E-state index is 14.3. The number of hydrogen-bond donors (Lipinski definition) is 3. The van der Waals surface area contributed by atoms with Gasteiger partial charge in [0.05, 0.1) is 7.11 Å². The van der Waals surface area contributed by atoms with E-state index in [4.69, 9.17) is 4.74 Å². The Kier molecular flexibility index (Phi) is 13.1. The molecule has 2 unspecified atom stereocenters. The first-order chi connectivity index (χ1) is 19.4. The molecular weight excluding hydrogens is 526 g/mol. The zero-order valence-electron chi connectivity index (χ0n) is 24.6. The van der Waals surface area contributed by atoms with E-state index in [0.29, 0.717) is 12.0 Å². The van der Waals surface area contributed by atoms with Crippen LogP contribution in [0.25, 0.3) is 0 Å². The molecule has 41 heavy (non-hydrogen) atoms. The molecule has 0 aliphatic heterocycles. The number of unbranched alkanes of at least 4 members (excludes halogenated alkanes) is 3. The fourth-order valence-electron chi connectivity index (χ4n) is 4.27. The molecule has 2 aromatic rings. The third-order valence-electron chi connectivity index (χ3n) is 6.19. The summed E-state index contributed by atoms with van der Waals surface area (Å²) in [5, 5.41) is 15.5. The lowest BCUT2D eigenvalue weighted by Gasteiger charge is -2.34. The van der Waals surface area contributed by atoms with E-state index in [-0.39, 0.29) is 18.7 Å². The van der Waals surface area contributed by atoms with Crippen molar-refractivity contribution in [2.24, 2.45) is 0 Å². The van der Waals surface area contributed by atoms with Crippen molar-refractivity contribution in [1.82, 2.24) is 15.5 Å². The summed E-state index contributed by atoms with van der Waals surface area (Å²) in [5.41, 5.74) is 0.367. The molecule has 0 aliphatic rings. The topological polar surface area (TPSA) is 134 Å². The molecule has 2 rings (SSSR count). The van der Waals surface area contributed by atoms with Crippen LogP contribution in [0.1, 0.15) is 70.5 Å². The number of nitrogens with zero attached hydrogens (tertiary/aromatic N) is 1. The number of esters is 1. The number of ether oxygens (including phenoxy) is 2. The minimum Gasteiger partial charge on any atom is -0.508 e. The average molecular weight is 570 g/mol. The summed E-state index contributed by atoms with van der Waals surface area (Å²) in [4.78, 5) is 54.0. The van der Waals surface area contributed by atoms with Gasteiger partial charge in [-0.3, -0.25) is 14.4 Å². The minimum absolute atomic E-state index is 0.0839. The molecule has 0 radical (unpaired) electrons. The number of phenolic OH excluding ortho intramolecular Hbond substituents is 1. The molecule has 0 fully saturated rings. The van der Waals surface area contributed by atoms with Crippen molar-refractivity contribution in [3.05, 3.63) is 65.7 Å². The highest BCUT2D eigenvalue weighted by Gasteiger charge is 2.36. The number of nitrogens with one attached hydrogen (secondary N) is 2. The highest BCUT2D eigenvalue weighted by molar-refractivity contribution is 5.93. The fraction of sp³-hybridized carbons (Fsp3) is 0.484. The van der Waals surface area contributed by atoms with E-state index in [1.807, 2.05) is 30.3 Å². The maximum Gasteiger partial charge on any atom is 0.408 e. The Morgan fingerprint density at radius 3 is 2.29 bits per heavy atom. The van der Waals surface area contributed by atoms with E-state index in [2.05, 4.69) is 22.3 Å². The van der Waals surface area contributed by atoms with Crippen LogP contribution in [0.5, 0.6) is 5.75 Å². The Morgan fingerprint density at radius 2 is 1.68 bits per heavy atom. The van der Waals surface area contributed by atoms with Gasteiger partial charge in [0.1, 0.15) is 30.0 Å². The number of aromatic hydroxyl groups is 1. The van der Waals surface area contributed by atoms with Crippen LogP contribution in [0.15, 0.2) is 54.6 Å². The number of amides is 3. The molecule has 0 saturated heterocycles. The summed E-state index contributed by atoms with van der Waals surface area (Å²) in [6.07, 6.45) is 2.73. The van der Waals surface area contributed by atoms with Crippen LogP contribution in [-0.4, -0.2) is 65.7 Å². The molecule has 224 valence electrons. The van der Waals surface area contributed by atoms with Gasteiger partial charge >= 0.3 is 12.1 Å². The van der Waals surface area contributed by atoms with Crippen molar-refractivity contribution in [1.29, 1.82) is 0 Å². The van der Waals surface area contributed by atoms with E-state index in [1.165, 1.54) is 24.1 Å². The van der Waals surface area contributed by atoms with Gasteiger partial charge in [-0.2, -0.15) is 0 Å². The zero-order valence-corrected chi connectivity index (χ0v) is 24.6. The second-order valence-electron chi connectivity index (χ2n) is 10.8. The summed E-state index contributed by atoms with van der Waals surface area (Å²) in [6.45, 7) is 7.05. The predicted molar refractivity (Wildman–Crippen MR) is 155 cm³/mol. The number of carbonyl (C=O) groups is 4. The van der Waals surface area contributed by atoms with Gasteiger partial charge in [-0.05, 0) is 50.5 Å². The lowest BCUT2D eigenvalue weighted by atomic mass is 9.99. The first-order valence-electron chi connectivity index (χ1n) is 13.9. The summed E-state index contributed by atoms with van der Waals surface area (Å²) in [7, 11) is 1.21. The summed E-state index contributed by atoms with van der Waals surface area (Å²) < 4.78 is 10.1. The van der Waals surface area contributed by atoms with E-state index < -0.39 is 48.1 Å². The number of rotatable bonds is 14. The molecule has 2 aromatic carbocycles. The maximum absolute atomic E-state index is 14.3. The minimum atomic E-state index is -1.19. The van der Waals surface area contributed by atoms with Gasteiger partial charge < -0.3 is 30.1 Å². The molecule has 3 N–H and O–H groups in total. The van der Waals surface area contributed by atoms with Crippen LogP contribution in [-0.2, 0) is 30.3 Å². The molecule has 3 amide bonds. The standard InChI is InChI=1S/C31H43N3O7/c1-6-7-8-12-18-34(27(23-16-13-17-24(35)20-23)28(37)32-21-26(36)40-5)29(38)25(19-22-14-10-9-11-15-22)33-30(39)41-31(2,3)4/h9-11,13-17,20,25,27,35H,6-8,12,18-19,21H2,1-5H3,(H,32,37)(H,33,39). The van der Waals surface area contributed by atoms with Crippen molar-refractivity contribution in [2.75, 3.05) is 20.2 Å². The van der Waals surface area contributed by atoms with Crippen LogP contribution >= 0.6 is 0 Å². The monoisotopic (exact) mass is 569 g/mol. The summed E-state index contributed by atoms with van der Waals surface area (Å²) >= 11 is 0. The van der Waals surface area contributed by atoms with Crippen LogP contribution in [0.3, 0.4) is 0 Å². The summed E-state index contributed by atoms with van der Waals surface area (Å²) in [6, 6.07) is 13.0. The molecule has 10 nitrogen and oxygen atoms in total. The fourth-order valence-corrected chi connectivity index (χ4v) is 4.27. The Hall–Kier alpha value is -4.08. The average Bonchev–Trinajstić information content (AvgIpc) is 2.92. The second-order valence-corrected chi connectivity index (χ2v) is 10.8. The largest absolute Gasteiger partial charge is 0.508 e. The van der Waals surface area contributed by atoms with Crippen molar-refractivity contribution >= 4 is 23.9 Å². The van der Waals surface area contributed by atoms with Gasteiger partial charge in [-0.1, -0.05) is 68.7 Å². The molecule has 0 bridgehead atoms. The molecule has 0 aromatic heterocycles. The van der Waals surface area contributed by atoms with Crippen molar-refractivity contribution < 1.29 is 33.8 Å². The van der Waals surface area contributed by atoms with E-state index in [1.54, 1.807) is 32.9 Å². The smallest absolute Gasteiger partial charge is 0.408 e. The third kappa shape index (κ3) is 11.5. The van der Waals surface area contributed by atoms with Gasteiger partial charge in [-0.15, -0.1) is 0 Å². The Morgan fingerprint density at radius 1 is 0.976 bits per heavy atom. The van der Waals surface area contributed by atoms with E-state index in [9.17, 15) is 24.3 Å². The lowest BCUT2D eigenvalue weighted by Crippen LogP contribution is -2.54. The van der Waals surface area contributed by atoms with Gasteiger partial charge in [0.2, 0.25) is 11.8 Å². The number of carbonyl (C=O) groups excluding carboxylic acids is 4. The molecule has 0 heterocycles. The Balaban J connectivity index is 2.54. The number of phenols is 1.